The van der Waals surface area contributed by atoms with Crippen molar-refractivity contribution < 1.29 is 24.0 Å². The number of ether oxygens (including phenoxy) is 2. The lowest BCUT2D eigenvalue weighted by atomic mass is 9.48. The van der Waals surface area contributed by atoms with Gasteiger partial charge in [-0.15, -0.1) is 12.4 Å². The largest absolute Gasteiger partial charge is 0.632 e. The van der Waals surface area contributed by atoms with Gasteiger partial charge in [0.1, 0.15) is 11.6 Å². The third-order valence-corrected chi connectivity index (χ3v) is 8.67. The topological polar surface area (TPSA) is 78.8 Å². The van der Waals surface area contributed by atoms with E-state index in [1.165, 1.54) is 0 Å². The summed E-state index contributed by atoms with van der Waals surface area (Å²) in [4.78, 5) is 13.1. The summed E-state index contributed by atoms with van der Waals surface area (Å²) in [6, 6.07) is 3.38. The molecule has 6 rings (SSSR count). The first-order valence-electron chi connectivity index (χ1n) is 11.7. The number of rotatable bonds is 6. The molecule has 31 heavy (non-hydrogen) atoms. The van der Waals surface area contributed by atoms with Gasteiger partial charge >= 0.3 is 0 Å². The predicted octanol–water partition coefficient (Wildman–Crippen LogP) is 3.78. The molecule has 170 valence electrons. The Hall–Kier alpha value is -1.34. The molecule has 1 spiro atoms. The number of quaternary nitrogens is 1. The second-order valence-corrected chi connectivity index (χ2v) is 10.2. The number of nitrogens with zero attached hydrogens (tertiary/aromatic N) is 1. The molecule has 5 aliphatic rings. The Bertz CT molecular complexity index is 919. The molecule has 0 amide bonds. The molecular formula is C24H32ClNO5. The zero-order chi connectivity index (χ0) is 20.7. The van der Waals surface area contributed by atoms with E-state index in [1.54, 1.807) is 6.07 Å². The summed E-state index contributed by atoms with van der Waals surface area (Å²) in [7, 11) is 0. The molecule has 3 aliphatic carbocycles. The number of benzene rings is 1. The number of aromatic hydroxyl groups is 1. The number of carbonyl (C=O) groups is 1. The number of phenolic OH excluding ortho intramolecular Hbond substituents is 1. The van der Waals surface area contributed by atoms with Crippen molar-refractivity contribution in [3.8, 4) is 11.5 Å². The number of Topliss-reactive ketones (excluding diaryl/α,β-unsaturated/α-hetero) is 1. The molecular weight excluding hydrogens is 418 g/mol. The van der Waals surface area contributed by atoms with Crippen molar-refractivity contribution in [3.63, 3.8) is 0 Å². The van der Waals surface area contributed by atoms with Crippen molar-refractivity contribution >= 4 is 18.2 Å². The molecule has 1 N–H and O–H groups in total. The number of hydrogen-bond acceptors (Lipinski definition) is 5. The number of halogens is 1. The Labute approximate surface area is 189 Å². The molecule has 7 heteroatoms. The number of piperidine rings is 1. The van der Waals surface area contributed by atoms with Gasteiger partial charge in [-0.25, -0.2) is 0 Å². The summed E-state index contributed by atoms with van der Waals surface area (Å²) in [5.41, 5.74) is 0.694. The van der Waals surface area contributed by atoms with Gasteiger partial charge in [0.2, 0.25) is 0 Å². The van der Waals surface area contributed by atoms with Crippen LogP contribution in [0.4, 0.5) is 0 Å². The number of carbonyl (C=O) groups excluding carboxylic acids is 1. The van der Waals surface area contributed by atoms with Crippen LogP contribution < -0.4 is 4.74 Å². The van der Waals surface area contributed by atoms with E-state index < -0.39 is 17.1 Å². The van der Waals surface area contributed by atoms with Gasteiger partial charge in [0.05, 0.1) is 18.5 Å². The van der Waals surface area contributed by atoms with Gasteiger partial charge in [-0.05, 0) is 37.3 Å². The Kier molecular flexibility index (Phi) is 4.91. The molecule has 2 bridgehead atoms. The van der Waals surface area contributed by atoms with E-state index >= 15 is 0 Å². The monoisotopic (exact) mass is 449 g/mol. The second kappa shape index (κ2) is 7.08. The van der Waals surface area contributed by atoms with Gasteiger partial charge in [-0.1, -0.05) is 19.4 Å². The summed E-state index contributed by atoms with van der Waals surface area (Å²) in [5.74, 6) is 1.17. The second-order valence-electron chi connectivity index (χ2n) is 10.2. The van der Waals surface area contributed by atoms with Gasteiger partial charge < -0.3 is 24.4 Å². The number of ketones is 1. The van der Waals surface area contributed by atoms with Gasteiger partial charge in [0, 0.05) is 37.4 Å². The third-order valence-electron chi connectivity index (χ3n) is 8.67. The van der Waals surface area contributed by atoms with Crippen LogP contribution in [0.25, 0.3) is 0 Å². The molecule has 0 radical (unpaired) electrons. The van der Waals surface area contributed by atoms with E-state index in [9.17, 15) is 15.1 Å². The molecule has 2 saturated carbocycles. The zero-order valence-corrected chi connectivity index (χ0v) is 18.9. The third kappa shape index (κ3) is 2.65. The maximum absolute atomic E-state index is 14.4. The van der Waals surface area contributed by atoms with Crippen molar-refractivity contribution in [3.05, 3.63) is 28.5 Å². The molecule has 0 aromatic heterocycles. The quantitative estimate of drug-likeness (QED) is 0.406. The highest BCUT2D eigenvalue weighted by Crippen LogP contribution is 2.67. The first-order valence-corrected chi connectivity index (χ1v) is 11.7. The van der Waals surface area contributed by atoms with Crippen LogP contribution in [-0.2, 0) is 21.4 Å². The summed E-state index contributed by atoms with van der Waals surface area (Å²) in [6.07, 6.45) is 5.81. The lowest BCUT2D eigenvalue weighted by molar-refractivity contribution is -0.924. The van der Waals surface area contributed by atoms with Crippen LogP contribution >= 0.6 is 12.4 Å². The normalized spacial score (nSPS) is 39.5. The summed E-state index contributed by atoms with van der Waals surface area (Å²) < 4.78 is 12.8. The molecule has 6 nitrogen and oxygen atoms in total. The first-order chi connectivity index (χ1) is 14.5. The molecule has 1 aromatic carbocycles. The number of likely N-dealkylation sites (tertiary alicyclic amines) is 1. The number of hydroxylamine groups is 3. The standard InChI is InChI=1S/C24H31NO5.ClH/c1-2-3-12-29-24-9-8-18(27)22-23(24)10-11-25(28,14-15-4-5-15)19(24)13-16-6-7-17(26)21(30-22)20(16)23;/h6-7,15,19,22,26H,2-5,8-14H2,1H3;1H/t19-,22+,23+,24?,25?;/m1./s1. The maximum Gasteiger partial charge on any atom is 0.174 e. The zero-order valence-electron chi connectivity index (χ0n) is 18.1. The Morgan fingerprint density at radius 1 is 1.32 bits per heavy atom. The van der Waals surface area contributed by atoms with Crippen molar-refractivity contribution in [1.82, 2.24) is 0 Å². The smallest absolute Gasteiger partial charge is 0.174 e. The van der Waals surface area contributed by atoms with E-state index in [0.717, 1.165) is 36.8 Å². The van der Waals surface area contributed by atoms with Crippen LogP contribution in [0.5, 0.6) is 11.5 Å². The summed E-state index contributed by atoms with van der Waals surface area (Å²) in [5, 5.41) is 24.9. The minimum Gasteiger partial charge on any atom is -0.632 e. The van der Waals surface area contributed by atoms with Gasteiger partial charge in [-0.3, -0.25) is 4.79 Å². The SMILES string of the molecule is CCCCOC12CCC(=O)[C@@H]3Oc4c(O)ccc5c4[C@@]31CC[N+]([O-])(CC1CC1)[C@@H]2C5.Cl. The van der Waals surface area contributed by atoms with E-state index in [4.69, 9.17) is 9.47 Å². The highest BCUT2D eigenvalue weighted by molar-refractivity contribution is 5.90. The number of hydrogen-bond donors (Lipinski definition) is 1. The van der Waals surface area contributed by atoms with Crippen molar-refractivity contribution in [2.75, 3.05) is 19.7 Å². The number of unbranched alkanes of at least 4 members (excludes halogenated alkanes) is 1. The molecule has 3 fully saturated rings. The molecule has 2 heterocycles. The molecule has 1 saturated heterocycles. The Balaban J connectivity index is 0.00000204. The fraction of sp³-hybridized carbons (Fsp3) is 0.708. The van der Waals surface area contributed by atoms with Crippen LogP contribution in [0, 0.1) is 11.1 Å². The number of phenols is 1. The summed E-state index contributed by atoms with van der Waals surface area (Å²) in [6.45, 7) is 3.91. The van der Waals surface area contributed by atoms with Gasteiger partial charge in [0.25, 0.3) is 0 Å². The Morgan fingerprint density at radius 3 is 2.87 bits per heavy atom. The van der Waals surface area contributed by atoms with Crippen LogP contribution in [0.15, 0.2) is 12.1 Å². The van der Waals surface area contributed by atoms with Crippen LogP contribution in [0.3, 0.4) is 0 Å². The first kappa shape index (κ1) is 21.5. The minimum atomic E-state index is -0.693. The highest BCUT2D eigenvalue weighted by Gasteiger charge is 2.77. The van der Waals surface area contributed by atoms with Crippen LogP contribution in [0.1, 0.15) is 63.0 Å². The van der Waals surface area contributed by atoms with Crippen molar-refractivity contribution in [1.29, 1.82) is 0 Å². The van der Waals surface area contributed by atoms with E-state index in [2.05, 4.69) is 6.92 Å². The van der Waals surface area contributed by atoms with E-state index in [-0.39, 0.29) is 34.6 Å². The molecule has 1 aromatic rings. The molecule has 2 unspecified atom stereocenters. The lowest BCUT2D eigenvalue weighted by Crippen LogP contribution is -2.81. The van der Waals surface area contributed by atoms with Crippen molar-refractivity contribution in [2.24, 2.45) is 5.92 Å². The highest BCUT2D eigenvalue weighted by atomic mass is 35.5. The fourth-order valence-corrected chi connectivity index (χ4v) is 7.20. The average molecular weight is 450 g/mol. The lowest BCUT2D eigenvalue weighted by Gasteiger charge is -2.68. The van der Waals surface area contributed by atoms with E-state index in [1.807, 2.05) is 6.07 Å². The van der Waals surface area contributed by atoms with Gasteiger partial charge in [-0.2, -0.15) is 0 Å². The predicted molar refractivity (Wildman–Crippen MR) is 117 cm³/mol. The van der Waals surface area contributed by atoms with Crippen molar-refractivity contribution in [2.45, 2.75) is 81.5 Å². The molecule has 2 aliphatic heterocycles. The Morgan fingerprint density at radius 2 is 2.13 bits per heavy atom. The molecule has 5 atom stereocenters. The average Bonchev–Trinajstić information content (AvgIpc) is 3.45. The summed E-state index contributed by atoms with van der Waals surface area (Å²) >= 11 is 0. The maximum atomic E-state index is 14.4. The van der Waals surface area contributed by atoms with E-state index in [0.29, 0.717) is 57.0 Å². The fourth-order valence-electron chi connectivity index (χ4n) is 7.20. The van der Waals surface area contributed by atoms with Gasteiger partial charge in [0.15, 0.2) is 23.4 Å². The minimum absolute atomic E-state index is 0. The van der Waals surface area contributed by atoms with Crippen LogP contribution in [-0.4, -0.2) is 53.0 Å². The van der Waals surface area contributed by atoms with Crippen LogP contribution in [0.2, 0.25) is 0 Å².